The molecule has 11 unspecified atom stereocenters. The predicted octanol–water partition coefficient (Wildman–Crippen LogP) is 3.22. The highest BCUT2D eigenvalue weighted by molar-refractivity contribution is 5.69. The molecule has 14 heteroatoms. The van der Waals surface area contributed by atoms with E-state index in [2.05, 4.69) is 79.8 Å². The van der Waals surface area contributed by atoms with Gasteiger partial charge in [0.1, 0.15) is 54.9 Å². The fraction of sp³-hybridized carbons (Fsp3) is 0.690. The Morgan fingerprint density at radius 1 is 0.607 bits per heavy atom. The zero-order chi connectivity index (χ0) is 41.0. The highest BCUT2D eigenvalue weighted by atomic mass is 16.7. The molecule has 2 aliphatic heterocycles. The van der Waals surface area contributed by atoms with Crippen LogP contribution < -0.4 is 0 Å². The first-order valence-corrected chi connectivity index (χ1v) is 20.0. The third kappa shape index (κ3) is 19.7. The van der Waals surface area contributed by atoms with Gasteiger partial charge in [0.15, 0.2) is 12.6 Å². The Labute approximate surface area is 332 Å². The van der Waals surface area contributed by atoms with Gasteiger partial charge in [0.25, 0.3) is 0 Å². The number of ether oxygens (including phenoxy) is 6. The van der Waals surface area contributed by atoms with Crippen LogP contribution >= 0.6 is 0 Å². The van der Waals surface area contributed by atoms with E-state index >= 15 is 0 Å². The second-order valence-corrected chi connectivity index (χ2v) is 13.7. The number of allylic oxidation sites excluding steroid dienone is 12. The number of carbonyl (C=O) groups excluding carboxylic acids is 1. The summed E-state index contributed by atoms with van der Waals surface area (Å²) in [4.78, 5) is 12.4. The van der Waals surface area contributed by atoms with Crippen LogP contribution in [0, 0.1) is 0 Å². The van der Waals surface area contributed by atoms with Gasteiger partial charge in [-0.1, -0.05) is 93.2 Å². The van der Waals surface area contributed by atoms with E-state index < -0.39 is 86.7 Å². The van der Waals surface area contributed by atoms with Crippen molar-refractivity contribution in [1.29, 1.82) is 0 Å². The minimum absolute atomic E-state index is 0.0132. The molecule has 2 heterocycles. The second kappa shape index (κ2) is 30.5. The first-order chi connectivity index (χ1) is 27.1. The third-order valence-electron chi connectivity index (χ3n) is 8.98. The van der Waals surface area contributed by atoms with Crippen molar-refractivity contribution in [3.8, 4) is 0 Å². The number of unbranched alkanes of at least 4 members (excludes halogenated alkanes) is 2. The molecule has 11 atom stereocenters. The number of aliphatic hydroxyl groups excluding tert-OH is 7. The minimum atomic E-state index is -1.71. The van der Waals surface area contributed by atoms with E-state index in [-0.39, 0.29) is 19.6 Å². The Bertz CT molecular complexity index is 1200. The number of rotatable bonds is 28. The molecule has 0 spiro atoms. The number of hydrogen-bond acceptors (Lipinski definition) is 14. The lowest BCUT2D eigenvalue weighted by Gasteiger charge is -2.42. The van der Waals surface area contributed by atoms with Crippen molar-refractivity contribution in [3.63, 3.8) is 0 Å². The molecule has 0 amide bonds. The zero-order valence-electron chi connectivity index (χ0n) is 33.1. The second-order valence-electron chi connectivity index (χ2n) is 13.7. The van der Waals surface area contributed by atoms with Gasteiger partial charge in [0.05, 0.1) is 26.4 Å². The maximum absolute atomic E-state index is 12.4. The van der Waals surface area contributed by atoms with Crippen LogP contribution in [0.5, 0.6) is 0 Å². The molecule has 0 aromatic carbocycles. The predicted molar refractivity (Wildman–Crippen MR) is 210 cm³/mol. The number of esters is 1. The van der Waals surface area contributed by atoms with Crippen LogP contribution in [-0.4, -0.2) is 142 Å². The van der Waals surface area contributed by atoms with Crippen LogP contribution in [0.2, 0.25) is 0 Å². The van der Waals surface area contributed by atoms with Gasteiger partial charge in [-0.15, -0.1) is 0 Å². The Morgan fingerprint density at radius 3 is 1.64 bits per heavy atom. The van der Waals surface area contributed by atoms with Crippen LogP contribution in [0.3, 0.4) is 0 Å². The lowest BCUT2D eigenvalue weighted by molar-refractivity contribution is -0.332. The summed E-state index contributed by atoms with van der Waals surface area (Å²) in [5.74, 6) is -0.437. The molecule has 2 saturated heterocycles. The lowest BCUT2D eigenvalue weighted by Crippen LogP contribution is -2.61. The van der Waals surface area contributed by atoms with E-state index in [0.717, 1.165) is 57.8 Å². The number of aliphatic hydroxyl groups is 7. The van der Waals surface area contributed by atoms with Crippen LogP contribution in [0.15, 0.2) is 72.9 Å². The van der Waals surface area contributed by atoms with Crippen LogP contribution in [-0.2, 0) is 33.2 Å². The van der Waals surface area contributed by atoms with Gasteiger partial charge < -0.3 is 64.2 Å². The summed E-state index contributed by atoms with van der Waals surface area (Å²) in [7, 11) is 0. The normalized spacial score (nSPS) is 29.6. The topological polar surface area (TPSA) is 214 Å². The Kier molecular flexibility index (Phi) is 27.0. The summed E-state index contributed by atoms with van der Waals surface area (Å²) < 4.78 is 33.5. The first kappa shape index (κ1) is 49.6. The van der Waals surface area contributed by atoms with E-state index in [4.69, 9.17) is 28.4 Å². The molecular weight excluding hydrogens is 728 g/mol. The van der Waals surface area contributed by atoms with Crippen LogP contribution in [0.4, 0.5) is 0 Å². The minimum Gasteiger partial charge on any atom is -0.457 e. The monoisotopic (exact) mass is 796 g/mol. The Morgan fingerprint density at radius 2 is 1.11 bits per heavy atom. The molecule has 56 heavy (non-hydrogen) atoms. The third-order valence-corrected chi connectivity index (χ3v) is 8.98. The van der Waals surface area contributed by atoms with E-state index in [1.54, 1.807) is 0 Å². The molecule has 0 aliphatic carbocycles. The highest BCUT2D eigenvalue weighted by Gasteiger charge is 2.47. The summed E-state index contributed by atoms with van der Waals surface area (Å²) in [6, 6.07) is 0. The molecule has 0 aromatic rings. The maximum atomic E-state index is 12.4. The molecule has 2 rings (SSSR count). The van der Waals surface area contributed by atoms with Gasteiger partial charge in [-0.3, -0.25) is 4.79 Å². The van der Waals surface area contributed by atoms with Crippen molar-refractivity contribution in [2.75, 3.05) is 33.0 Å². The van der Waals surface area contributed by atoms with Gasteiger partial charge in [0.2, 0.25) is 0 Å². The first-order valence-electron chi connectivity index (χ1n) is 20.0. The molecular formula is C42H68O14. The summed E-state index contributed by atoms with van der Waals surface area (Å²) in [6.45, 7) is 3.09. The molecule has 7 N–H and O–H groups in total. The van der Waals surface area contributed by atoms with Crippen molar-refractivity contribution >= 4 is 5.97 Å². The van der Waals surface area contributed by atoms with Crippen molar-refractivity contribution in [3.05, 3.63) is 72.9 Å². The van der Waals surface area contributed by atoms with Crippen molar-refractivity contribution < 1.29 is 69.0 Å². The van der Waals surface area contributed by atoms with Crippen molar-refractivity contribution in [1.82, 2.24) is 0 Å². The van der Waals surface area contributed by atoms with Gasteiger partial charge in [-0.2, -0.15) is 0 Å². The molecule has 2 fully saturated rings. The van der Waals surface area contributed by atoms with Crippen LogP contribution in [0.1, 0.15) is 84.5 Å². The average molecular weight is 797 g/mol. The molecule has 0 aromatic heterocycles. The zero-order valence-corrected chi connectivity index (χ0v) is 33.1. The van der Waals surface area contributed by atoms with Crippen molar-refractivity contribution in [2.45, 2.75) is 152 Å². The summed E-state index contributed by atoms with van der Waals surface area (Å²) in [5.41, 5.74) is 0. The molecule has 0 saturated carbocycles. The quantitative estimate of drug-likeness (QED) is 0.0344. The van der Waals surface area contributed by atoms with E-state index in [9.17, 15) is 40.5 Å². The van der Waals surface area contributed by atoms with Gasteiger partial charge in [-0.05, 0) is 57.8 Å². The fourth-order valence-electron chi connectivity index (χ4n) is 5.63. The van der Waals surface area contributed by atoms with E-state index in [1.165, 1.54) is 0 Å². The fourth-order valence-corrected chi connectivity index (χ4v) is 5.63. The SMILES string of the molecule is CC/C=C\C/C=C\C/C=C\C/C=C\C/C=C\C/C=C\CCCOCC(COC1OC(COC2OC(CO)C(O)C(O)C2O)C(O)C(O)C1O)OC(=O)CCCC. The Balaban J connectivity index is 1.73. The maximum Gasteiger partial charge on any atom is 0.306 e. The Hall–Kier alpha value is -2.57. The standard InChI is InChI=1S/C42H68O14/c1-3-5-7-8-9-10-11-12-13-14-15-16-17-18-19-20-21-22-23-24-26-51-28-31(54-34(44)25-6-4-2)29-52-41-40(50)38(48)36(46)33(56-41)30-53-42-39(49)37(47)35(45)32(27-43)55-42/h5,7,9-10,12-13,15-16,18-19,21-22,31-33,35-43,45-50H,3-4,6,8,11,14,17,20,23-30H2,1-2H3/b7-5-,10-9-,13-12-,16-15-,19-18-,22-21-. The largest absolute Gasteiger partial charge is 0.457 e. The summed E-state index contributed by atoms with van der Waals surface area (Å²) in [5, 5.41) is 71.3. The highest BCUT2D eigenvalue weighted by Crippen LogP contribution is 2.26. The van der Waals surface area contributed by atoms with Gasteiger partial charge in [-0.25, -0.2) is 0 Å². The van der Waals surface area contributed by atoms with Gasteiger partial charge in [0, 0.05) is 13.0 Å². The molecule has 0 radical (unpaired) electrons. The summed E-state index contributed by atoms with van der Waals surface area (Å²) >= 11 is 0. The van der Waals surface area contributed by atoms with Crippen molar-refractivity contribution in [2.24, 2.45) is 0 Å². The lowest BCUT2D eigenvalue weighted by atomic mass is 9.98. The summed E-state index contributed by atoms with van der Waals surface area (Å²) in [6.07, 6.45) is 18.5. The molecule has 0 bridgehead atoms. The number of carbonyl (C=O) groups is 1. The molecule has 14 nitrogen and oxygen atoms in total. The number of hydrogen-bond donors (Lipinski definition) is 7. The smallest absolute Gasteiger partial charge is 0.306 e. The van der Waals surface area contributed by atoms with Crippen LogP contribution in [0.25, 0.3) is 0 Å². The molecule has 2 aliphatic rings. The van der Waals surface area contributed by atoms with E-state index in [1.807, 2.05) is 6.92 Å². The van der Waals surface area contributed by atoms with E-state index in [0.29, 0.717) is 13.0 Å². The van der Waals surface area contributed by atoms with Gasteiger partial charge >= 0.3 is 5.97 Å². The molecule has 320 valence electrons. The average Bonchev–Trinajstić information content (AvgIpc) is 3.19.